The number of halogens is 1. The Bertz CT molecular complexity index is 493. The van der Waals surface area contributed by atoms with Gasteiger partial charge in [0.25, 0.3) is 0 Å². The molecular formula is C10H12ClN5. The number of nitrogens with zero attached hydrogens (tertiary/aromatic N) is 4. The highest BCUT2D eigenvalue weighted by molar-refractivity contribution is 6.33. The molecule has 0 radical (unpaired) electrons. The maximum atomic E-state index is 5.99. The second-order valence-electron chi connectivity index (χ2n) is 3.54. The summed E-state index contributed by atoms with van der Waals surface area (Å²) >= 11 is 5.99. The van der Waals surface area contributed by atoms with Gasteiger partial charge in [-0.05, 0) is 13.8 Å². The molecule has 5 nitrogen and oxygen atoms in total. The smallest absolute Gasteiger partial charge is 0.141 e. The molecule has 2 heterocycles. The van der Waals surface area contributed by atoms with Gasteiger partial charge in [0.15, 0.2) is 0 Å². The second kappa shape index (κ2) is 4.09. The predicted molar refractivity (Wildman–Crippen MR) is 62.2 cm³/mol. The highest BCUT2D eigenvalue weighted by Crippen LogP contribution is 2.27. The van der Waals surface area contributed by atoms with Gasteiger partial charge in [-0.1, -0.05) is 11.6 Å². The predicted octanol–water partition coefficient (Wildman–Crippen LogP) is 1.83. The summed E-state index contributed by atoms with van der Waals surface area (Å²) in [5, 5.41) is 4.77. The zero-order valence-corrected chi connectivity index (χ0v) is 9.81. The molecule has 0 aromatic carbocycles. The van der Waals surface area contributed by atoms with E-state index < -0.39 is 0 Å². The molecule has 0 saturated carbocycles. The maximum absolute atomic E-state index is 5.99. The van der Waals surface area contributed by atoms with Crippen LogP contribution >= 0.6 is 11.6 Å². The molecule has 0 amide bonds. The Labute approximate surface area is 98.3 Å². The van der Waals surface area contributed by atoms with E-state index in [0.29, 0.717) is 10.8 Å². The summed E-state index contributed by atoms with van der Waals surface area (Å²) in [5.74, 6) is 0.456. The molecule has 6 heteroatoms. The lowest BCUT2D eigenvalue weighted by Crippen LogP contribution is -2.13. The molecule has 0 aliphatic heterocycles. The van der Waals surface area contributed by atoms with Crippen LogP contribution in [0, 0.1) is 6.92 Å². The monoisotopic (exact) mass is 237 g/mol. The van der Waals surface area contributed by atoms with Crippen molar-refractivity contribution in [2.24, 2.45) is 0 Å². The molecule has 16 heavy (non-hydrogen) atoms. The molecule has 0 aliphatic rings. The number of nitrogen functional groups attached to an aromatic ring is 1. The van der Waals surface area contributed by atoms with E-state index in [-0.39, 0.29) is 6.04 Å². The quantitative estimate of drug-likeness (QED) is 0.865. The zero-order valence-electron chi connectivity index (χ0n) is 9.05. The normalized spacial score (nSPS) is 12.7. The van der Waals surface area contributed by atoms with Crippen LogP contribution in [-0.4, -0.2) is 19.7 Å². The Morgan fingerprint density at radius 1 is 1.44 bits per heavy atom. The largest absolute Gasteiger partial charge is 0.383 e. The molecular weight excluding hydrogens is 226 g/mol. The Balaban J connectivity index is 2.42. The van der Waals surface area contributed by atoms with Crippen LogP contribution < -0.4 is 5.73 Å². The molecule has 84 valence electrons. The number of hydrogen-bond donors (Lipinski definition) is 1. The van der Waals surface area contributed by atoms with E-state index in [1.54, 1.807) is 23.3 Å². The van der Waals surface area contributed by atoms with Gasteiger partial charge in [0.1, 0.15) is 10.8 Å². The van der Waals surface area contributed by atoms with Crippen molar-refractivity contribution in [1.29, 1.82) is 0 Å². The summed E-state index contributed by atoms with van der Waals surface area (Å²) in [7, 11) is 0. The summed E-state index contributed by atoms with van der Waals surface area (Å²) in [6.45, 7) is 3.77. The molecule has 2 rings (SSSR count). The fourth-order valence-electron chi connectivity index (χ4n) is 1.49. The molecule has 2 aromatic rings. The van der Waals surface area contributed by atoms with Gasteiger partial charge in [-0.15, -0.1) is 0 Å². The van der Waals surface area contributed by atoms with Gasteiger partial charge in [-0.3, -0.25) is 9.97 Å². The van der Waals surface area contributed by atoms with Crippen LogP contribution in [-0.2, 0) is 0 Å². The molecule has 0 spiro atoms. The summed E-state index contributed by atoms with van der Waals surface area (Å²) < 4.78 is 1.65. The van der Waals surface area contributed by atoms with Gasteiger partial charge in [0.05, 0.1) is 23.6 Å². The minimum Gasteiger partial charge on any atom is -0.383 e. The van der Waals surface area contributed by atoms with E-state index in [1.165, 1.54) is 0 Å². The van der Waals surface area contributed by atoms with Crippen molar-refractivity contribution in [3.63, 3.8) is 0 Å². The number of aryl methyl sites for hydroxylation is 1. The number of rotatable bonds is 2. The lowest BCUT2D eigenvalue weighted by Gasteiger charge is -2.12. The van der Waals surface area contributed by atoms with Crippen molar-refractivity contribution < 1.29 is 0 Å². The van der Waals surface area contributed by atoms with E-state index in [0.717, 1.165) is 11.4 Å². The van der Waals surface area contributed by atoms with Gasteiger partial charge in [0.2, 0.25) is 0 Å². The third-order valence-electron chi connectivity index (χ3n) is 2.43. The second-order valence-corrected chi connectivity index (χ2v) is 3.91. The third-order valence-corrected chi connectivity index (χ3v) is 2.89. The first kappa shape index (κ1) is 10.9. The van der Waals surface area contributed by atoms with Crippen molar-refractivity contribution >= 4 is 17.4 Å². The SMILES string of the molecule is Cc1nn(C(C)c2cnccn2)c(N)c1Cl. The van der Waals surface area contributed by atoms with E-state index in [1.807, 2.05) is 13.8 Å². The van der Waals surface area contributed by atoms with Crippen LogP contribution in [0.2, 0.25) is 5.02 Å². The lowest BCUT2D eigenvalue weighted by molar-refractivity contribution is 0.553. The lowest BCUT2D eigenvalue weighted by atomic mass is 10.2. The fraction of sp³-hybridized carbons (Fsp3) is 0.300. The number of aromatic nitrogens is 4. The van der Waals surface area contributed by atoms with Crippen molar-refractivity contribution in [3.8, 4) is 0 Å². The van der Waals surface area contributed by atoms with Gasteiger partial charge < -0.3 is 5.73 Å². The Morgan fingerprint density at radius 2 is 2.19 bits per heavy atom. The molecule has 1 atom stereocenters. The summed E-state index contributed by atoms with van der Waals surface area (Å²) in [6.07, 6.45) is 4.95. The molecule has 2 aromatic heterocycles. The summed E-state index contributed by atoms with van der Waals surface area (Å²) in [6, 6.07) is -0.0834. The molecule has 0 fully saturated rings. The van der Waals surface area contributed by atoms with Gasteiger partial charge in [-0.25, -0.2) is 4.68 Å². The number of hydrogen-bond acceptors (Lipinski definition) is 4. The van der Waals surface area contributed by atoms with Gasteiger partial charge in [0, 0.05) is 12.4 Å². The number of anilines is 1. The topological polar surface area (TPSA) is 69.6 Å². The van der Waals surface area contributed by atoms with E-state index >= 15 is 0 Å². The zero-order chi connectivity index (χ0) is 11.7. The van der Waals surface area contributed by atoms with Crippen LogP contribution in [0.3, 0.4) is 0 Å². The van der Waals surface area contributed by atoms with Crippen LogP contribution in [0.5, 0.6) is 0 Å². The van der Waals surface area contributed by atoms with Crippen LogP contribution in [0.1, 0.15) is 24.4 Å². The van der Waals surface area contributed by atoms with E-state index in [9.17, 15) is 0 Å². The molecule has 0 bridgehead atoms. The fourth-order valence-corrected chi connectivity index (χ4v) is 1.62. The number of nitrogens with two attached hydrogens (primary N) is 1. The Kier molecular flexibility index (Phi) is 2.78. The first-order valence-electron chi connectivity index (χ1n) is 4.87. The third kappa shape index (κ3) is 1.74. The van der Waals surface area contributed by atoms with Gasteiger partial charge >= 0.3 is 0 Å². The van der Waals surface area contributed by atoms with Crippen molar-refractivity contribution in [2.45, 2.75) is 19.9 Å². The van der Waals surface area contributed by atoms with Crippen LogP contribution in [0.15, 0.2) is 18.6 Å². The average Bonchev–Trinajstić information content (AvgIpc) is 2.57. The summed E-state index contributed by atoms with van der Waals surface area (Å²) in [5.41, 5.74) is 7.38. The first-order chi connectivity index (χ1) is 7.61. The highest BCUT2D eigenvalue weighted by atomic mass is 35.5. The Morgan fingerprint density at radius 3 is 2.69 bits per heavy atom. The standard InChI is InChI=1S/C10H12ClN5/c1-6-9(11)10(12)16(15-6)7(2)8-5-13-3-4-14-8/h3-5,7H,12H2,1-2H3. The van der Waals surface area contributed by atoms with Crippen LogP contribution in [0.25, 0.3) is 0 Å². The molecule has 1 unspecified atom stereocenters. The van der Waals surface area contributed by atoms with Gasteiger partial charge in [-0.2, -0.15) is 5.10 Å². The summed E-state index contributed by atoms with van der Waals surface area (Å²) in [4.78, 5) is 8.23. The minimum absolute atomic E-state index is 0.0834. The van der Waals surface area contributed by atoms with E-state index in [2.05, 4.69) is 15.1 Å². The minimum atomic E-state index is -0.0834. The molecule has 0 aliphatic carbocycles. The average molecular weight is 238 g/mol. The molecule has 2 N–H and O–H groups in total. The van der Waals surface area contributed by atoms with Crippen LogP contribution in [0.4, 0.5) is 5.82 Å². The van der Waals surface area contributed by atoms with Crippen molar-refractivity contribution in [1.82, 2.24) is 19.7 Å². The Hall–Kier alpha value is -1.62. The highest BCUT2D eigenvalue weighted by Gasteiger charge is 2.17. The first-order valence-corrected chi connectivity index (χ1v) is 5.25. The molecule has 0 saturated heterocycles. The maximum Gasteiger partial charge on any atom is 0.141 e. The van der Waals surface area contributed by atoms with E-state index in [4.69, 9.17) is 17.3 Å². The van der Waals surface area contributed by atoms with Crippen molar-refractivity contribution in [3.05, 3.63) is 35.0 Å². The van der Waals surface area contributed by atoms with Crippen molar-refractivity contribution in [2.75, 3.05) is 5.73 Å².